The topological polar surface area (TPSA) is 23.8 Å². The molecule has 0 N–H and O–H groups in total. The van der Waals surface area contributed by atoms with E-state index < -0.39 is 0 Å². The van der Waals surface area contributed by atoms with Crippen LogP contribution in [0.4, 0.5) is 0 Å². The summed E-state index contributed by atoms with van der Waals surface area (Å²) < 4.78 is 1.05. The Morgan fingerprint density at radius 1 is 1.29 bits per heavy atom. The first-order chi connectivity index (χ1) is 6.43. The van der Waals surface area contributed by atoms with E-state index in [2.05, 4.69) is 54.9 Å². The minimum atomic E-state index is 0.133. The van der Waals surface area contributed by atoms with Crippen LogP contribution in [0.15, 0.2) is 22.7 Å². The normalized spacial score (nSPS) is 11.1. The second kappa shape index (κ2) is 4.14. The molecular formula is C12H14BrN. The van der Waals surface area contributed by atoms with Gasteiger partial charge < -0.3 is 0 Å². The van der Waals surface area contributed by atoms with Gasteiger partial charge in [0.15, 0.2) is 0 Å². The van der Waals surface area contributed by atoms with Crippen LogP contribution in [0.5, 0.6) is 0 Å². The van der Waals surface area contributed by atoms with E-state index in [9.17, 15) is 0 Å². The Labute approximate surface area is 93.9 Å². The molecule has 0 atom stereocenters. The number of nitriles is 1. The summed E-state index contributed by atoms with van der Waals surface area (Å²) in [4.78, 5) is 0. The number of rotatable bonds is 1. The largest absolute Gasteiger partial charge is 0.198 e. The van der Waals surface area contributed by atoms with Crippen LogP contribution in [0.3, 0.4) is 0 Å². The lowest BCUT2D eigenvalue weighted by atomic mass is 9.86. The lowest BCUT2D eigenvalue weighted by Gasteiger charge is -2.20. The van der Waals surface area contributed by atoms with Crippen molar-refractivity contribution >= 4 is 15.9 Å². The van der Waals surface area contributed by atoms with E-state index in [0.29, 0.717) is 6.42 Å². The van der Waals surface area contributed by atoms with Gasteiger partial charge in [-0.3, -0.25) is 0 Å². The maximum absolute atomic E-state index is 8.64. The SMILES string of the molecule is CC(C)(C)c1cc(Br)cc(CC#N)c1. The first-order valence-electron chi connectivity index (χ1n) is 4.60. The number of halogens is 1. The summed E-state index contributed by atoms with van der Waals surface area (Å²) in [6.07, 6.45) is 0.475. The molecule has 0 saturated carbocycles. The Hall–Kier alpha value is -0.810. The molecule has 0 spiro atoms. The molecule has 0 unspecified atom stereocenters. The van der Waals surface area contributed by atoms with Crippen molar-refractivity contribution < 1.29 is 0 Å². The summed E-state index contributed by atoms with van der Waals surface area (Å²) in [6, 6.07) is 8.38. The van der Waals surface area contributed by atoms with Gasteiger partial charge in [-0.2, -0.15) is 5.26 Å². The fourth-order valence-corrected chi connectivity index (χ4v) is 1.82. The fraction of sp³-hybridized carbons (Fsp3) is 0.417. The van der Waals surface area contributed by atoms with Crippen LogP contribution >= 0.6 is 15.9 Å². The first kappa shape index (κ1) is 11.3. The third kappa shape index (κ3) is 2.85. The van der Waals surface area contributed by atoms with Crippen molar-refractivity contribution in [2.24, 2.45) is 0 Å². The zero-order valence-electron chi connectivity index (χ0n) is 8.76. The van der Waals surface area contributed by atoms with E-state index >= 15 is 0 Å². The van der Waals surface area contributed by atoms with E-state index in [1.807, 2.05) is 6.07 Å². The smallest absolute Gasteiger partial charge is 0.0669 e. The Balaban J connectivity index is 3.15. The molecule has 1 nitrogen and oxygen atoms in total. The van der Waals surface area contributed by atoms with Crippen LogP contribution in [0.25, 0.3) is 0 Å². The molecule has 0 aliphatic heterocycles. The molecule has 1 aromatic rings. The summed E-state index contributed by atoms with van der Waals surface area (Å²) in [5.74, 6) is 0. The van der Waals surface area contributed by atoms with Crippen LogP contribution in [0.1, 0.15) is 31.9 Å². The van der Waals surface area contributed by atoms with Gasteiger partial charge in [-0.1, -0.05) is 42.8 Å². The number of hydrogen-bond donors (Lipinski definition) is 0. The molecule has 0 aromatic heterocycles. The standard InChI is InChI=1S/C12H14BrN/c1-12(2,3)10-6-9(4-5-14)7-11(13)8-10/h6-8H,4H2,1-3H3. The third-order valence-electron chi connectivity index (χ3n) is 2.11. The van der Waals surface area contributed by atoms with Gasteiger partial charge in [-0.05, 0) is 28.7 Å². The predicted molar refractivity (Wildman–Crippen MR) is 62.2 cm³/mol. The van der Waals surface area contributed by atoms with Gasteiger partial charge in [-0.15, -0.1) is 0 Å². The van der Waals surface area contributed by atoms with Crippen LogP contribution in [-0.4, -0.2) is 0 Å². The van der Waals surface area contributed by atoms with Gasteiger partial charge in [0.2, 0.25) is 0 Å². The molecule has 74 valence electrons. The van der Waals surface area contributed by atoms with Crippen molar-refractivity contribution in [2.45, 2.75) is 32.6 Å². The third-order valence-corrected chi connectivity index (χ3v) is 2.56. The minimum absolute atomic E-state index is 0.133. The molecule has 0 heterocycles. The molecule has 0 saturated heterocycles. The number of nitrogens with zero attached hydrogens (tertiary/aromatic N) is 1. The molecule has 0 fully saturated rings. The van der Waals surface area contributed by atoms with E-state index in [4.69, 9.17) is 5.26 Å². The van der Waals surface area contributed by atoms with Crippen molar-refractivity contribution in [3.05, 3.63) is 33.8 Å². The van der Waals surface area contributed by atoms with E-state index in [0.717, 1.165) is 10.0 Å². The van der Waals surface area contributed by atoms with Gasteiger partial charge in [-0.25, -0.2) is 0 Å². The maximum Gasteiger partial charge on any atom is 0.0669 e. The maximum atomic E-state index is 8.64. The molecule has 2 heteroatoms. The van der Waals surface area contributed by atoms with Crippen LogP contribution in [-0.2, 0) is 11.8 Å². The summed E-state index contributed by atoms with van der Waals surface area (Å²) in [5, 5.41) is 8.64. The Bertz CT molecular complexity index is 369. The van der Waals surface area contributed by atoms with Crippen molar-refractivity contribution in [1.82, 2.24) is 0 Å². The zero-order valence-corrected chi connectivity index (χ0v) is 10.4. The summed E-state index contributed by atoms with van der Waals surface area (Å²) >= 11 is 3.47. The predicted octanol–water partition coefficient (Wildman–Crippen LogP) is 3.81. The molecule has 1 rings (SSSR count). The van der Waals surface area contributed by atoms with E-state index in [1.54, 1.807) is 0 Å². The number of hydrogen-bond acceptors (Lipinski definition) is 1. The molecule has 0 radical (unpaired) electrons. The van der Waals surface area contributed by atoms with Crippen molar-refractivity contribution in [2.75, 3.05) is 0 Å². The summed E-state index contributed by atoms with van der Waals surface area (Å²) in [7, 11) is 0. The van der Waals surface area contributed by atoms with Crippen LogP contribution in [0, 0.1) is 11.3 Å². The van der Waals surface area contributed by atoms with Gasteiger partial charge >= 0.3 is 0 Å². The number of benzene rings is 1. The quantitative estimate of drug-likeness (QED) is 0.745. The highest BCUT2D eigenvalue weighted by molar-refractivity contribution is 9.10. The summed E-state index contributed by atoms with van der Waals surface area (Å²) in [5.41, 5.74) is 2.47. The Morgan fingerprint density at radius 2 is 1.93 bits per heavy atom. The van der Waals surface area contributed by atoms with Gasteiger partial charge in [0, 0.05) is 4.47 Å². The Kier molecular flexibility index (Phi) is 3.34. The molecule has 0 aliphatic rings. The Morgan fingerprint density at radius 3 is 2.43 bits per heavy atom. The monoisotopic (exact) mass is 251 g/mol. The van der Waals surface area contributed by atoms with Crippen LogP contribution in [0.2, 0.25) is 0 Å². The summed E-state index contributed by atoms with van der Waals surface area (Å²) in [6.45, 7) is 6.51. The van der Waals surface area contributed by atoms with Gasteiger partial charge in [0.05, 0.1) is 12.5 Å². The first-order valence-corrected chi connectivity index (χ1v) is 5.39. The molecular weight excluding hydrogens is 238 g/mol. The van der Waals surface area contributed by atoms with Crippen molar-refractivity contribution in [3.8, 4) is 6.07 Å². The van der Waals surface area contributed by atoms with E-state index in [-0.39, 0.29) is 5.41 Å². The molecule has 0 bridgehead atoms. The van der Waals surface area contributed by atoms with Gasteiger partial charge in [0.25, 0.3) is 0 Å². The molecule has 0 amide bonds. The molecule has 1 aromatic carbocycles. The average Bonchev–Trinajstić information content (AvgIpc) is 2.02. The fourth-order valence-electron chi connectivity index (χ4n) is 1.28. The van der Waals surface area contributed by atoms with Crippen molar-refractivity contribution in [1.29, 1.82) is 5.26 Å². The van der Waals surface area contributed by atoms with E-state index in [1.165, 1.54) is 5.56 Å². The average molecular weight is 252 g/mol. The minimum Gasteiger partial charge on any atom is -0.198 e. The zero-order chi connectivity index (χ0) is 10.8. The second-order valence-electron chi connectivity index (χ2n) is 4.43. The lowest BCUT2D eigenvalue weighted by Crippen LogP contribution is -2.11. The second-order valence-corrected chi connectivity index (χ2v) is 5.35. The van der Waals surface area contributed by atoms with Gasteiger partial charge in [0.1, 0.15) is 0 Å². The van der Waals surface area contributed by atoms with Crippen LogP contribution < -0.4 is 0 Å². The molecule has 0 aliphatic carbocycles. The lowest BCUT2D eigenvalue weighted by molar-refractivity contribution is 0.589. The molecule has 14 heavy (non-hydrogen) atoms. The highest BCUT2D eigenvalue weighted by Crippen LogP contribution is 2.26. The highest BCUT2D eigenvalue weighted by Gasteiger charge is 2.14. The van der Waals surface area contributed by atoms with Crippen molar-refractivity contribution in [3.63, 3.8) is 0 Å². The highest BCUT2D eigenvalue weighted by atomic mass is 79.9.